The van der Waals surface area contributed by atoms with Crippen molar-refractivity contribution in [1.82, 2.24) is 34.6 Å². The SMILES string of the molecule is CN(C)C(=O)c1ccn(-c2nc(Cl)nc3nc[nH]c23)n1. The summed E-state index contributed by atoms with van der Waals surface area (Å²) in [5, 5.41) is 4.27. The molecule has 3 aromatic heterocycles. The molecule has 20 heavy (non-hydrogen) atoms. The lowest BCUT2D eigenvalue weighted by Crippen LogP contribution is -2.22. The van der Waals surface area contributed by atoms with E-state index in [0.29, 0.717) is 22.7 Å². The van der Waals surface area contributed by atoms with Gasteiger partial charge in [0, 0.05) is 20.3 Å². The molecule has 0 radical (unpaired) electrons. The average Bonchev–Trinajstić information content (AvgIpc) is 3.05. The fourth-order valence-corrected chi connectivity index (χ4v) is 1.90. The van der Waals surface area contributed by atoms with E-state index in [0.717, 1.165) is 0 Å². The Bertz CT molecular complexity index is 791. The van der Waals surface area contributed by atoms with Crippen molar-refractivity contribution in [1.29, 1.82) is 0 Å². The molecule has 3 heterocycles. The van der Waals surface area contributed by atoms with Crippen LogP contribution in [-0.2, 0) is 0 Å². The van der Waals surface area contributed by atoms with Crippen LogP contribution in [0, 0.1) is 0 Å². The third-order valence-corrected chi connectivity index (χ3v) is 2.84. The molecule has 0 aromatic carbocycles. The minimum atomic E-state index is -0.190. The molecule has 0 bridgehead atoms. The number of aromatic nitrogens is 6. The normalized spacial score (nSPS) is 10.9. The van der Waals surface area contributed by atoms with E-state index >= 15 is 0 Å². The Morgan fingerprint density at radius 3 is 2.95 bits per heavy atom. The number of fused-ring (bicyclic) bond motifs is 1. The average molecular weight is 292 g/mol. The summed E-state index contributed by atoms with van der Waals surface area (Å²) in [5.74, 6) is 0.250. The van der Waals surface area contributed by atoms with Crippen LogP contribution in [0.2, 0.25) is 5.28 Å². The number of aromatic amines is 1. The largest absolute Gasteiger partial charge is 0.343 e. The molecule has 0 spiro atoms. The Labute approximate surface area is 118 Å². The summed E-state index contributed by atoms with van der Waals surface area (Å²) in [7, 11) is 3.33. The Morgan fingerprint density at radius 2 is 2.20 bits per heavy atom. The van der Waals surface area contributed by atoms with E-state index in [4.69, 9.17) is 11.6 Å². The number of nitrogens with one attached hydrogen (secondary N) is 1. The predicted octanol–water partition coefficient (Wildman–Crippen LogP) is 0.894. The van der Waals surface area contributed by atoms with Crippen molar-refractivity contribution in [2.45, 2.75) is 0 Å². The second-order valence-corrected chi connectivity index (χ2v) is 4.60. The van der Waals surface area contributed by atoms with E-state index < -0.39 is 0 Å². The molecule has 3 rings (SSSR count). The van der Waals surface area contributed by atoms with Crippen LogP contribution in [0.15, 0.2) is 18.6 Å². The number of carbonyl (C=O) groups excluding carboxylic acids is 1. The molecule has 0 fully saturated rings. The standard InChI is InChI=1S/C11H10ClN7O/c1-18(2)10(20)6-3-4-19(17-6)9-7-8(14-5-13-7)15-11(12)16-9/h3-5H,1-2H3,(H,13,14,15,16). The van der Waals surface area contributed by atoms with Crippen molar-refractivity contribution in [3.8, 4) is 5.82 Å². The molecule has 3 aromatic rings. The lowest BCUT2D eigenvalue weighted by Gasteiger charge is -2.07. The van der Waals surface area contributed by atoms with Crippen LogP contribution in [0.1, 0.15) is 10.5 Å². The van der Waals surface area contributed by atoms with Gasteiger partial charge in [0.15, 0.2) is 17.2 Å². The first-order valence-corrected chi connectivity index (χ1v) is 6.08. The van der Waals surface area contributed by atoms with E-state index in [-0.39, 0.29) is 11.2 Å². The van der Waals surface area contributed by atoms with Gasteiger partial charge in [0.25, 0.3) is 5.91 Å². The maximum atomic E-state index is 11.8. The molecule has 1 N–H and O–H groups in total. The summed E-state index contributed by atoms with van der Waals surface area (Å²) in [6, 6.07) is 1.61. The number of imidazole rings is 1. The van der Waals surface area contributed by atoms with Crippen molar-refractivity contribution in [2.75, 3.05) is 14.1 Å². The first-order chi connectivity index (χ1) is 9.56. The van der Waals surface area contributed by atoms with Crippen molar-refractivity contribution < 1.29 is 4.79 Å². The van der Waals surface area contributed by atoms with Crippen LogP contribution in [-0.4, -0.2) is 54.6 Å². The van der Waals surface area contributed by atoms with E-state index in [2.05, 4.69) is 25.0 Å². The van der Waals surface area contributed by atoms with Gasteiger partial charge in [-0.1, -0.05) is 0 Å². The number of nitrogens with zero attached hydrogens (tertiary/aromatic N) is 6. The maximum Gasteiger partial charge on any atom is 0.273 e. The highest BCUT2D eigenvalue weighted by atomic mass is 35.5. The number of hydrogen-bond donors (Lipinski definition) is 1. The summed E-state index contributed by atoms with van der Waals surface area (Å²) in [6.45, 7) is 0. The summed E-state index contributed by atoms with van der Waals surface area (Å²) >= 11 is 5.86. The quantitative estimate of drug-likeness (QED) is 0.708. The van der Waals surface area contributed by atoms with Crippen molar-refractivity contribution in [3.05, 3.63) is 29.6 Å². The van der Waals surface area contributed by atoms with Crippen LogP contribution < -0.4 is 0 Å². The molecular formula is C11H10ClN7O. The van der Waals surface area contributed by atoms with Crippen LogP contribution in [0.25, 0.3) is 17.0 Å². The van der Waals surface area contributed by atoms with Gasteiger partial charge in [-0.15, -0.1) is 0 Å². The Kier molecular flexibility index (Phi) is 2.87. The first kappa shape index (κ1) is 12.5. The fraction of sp³-hybridized carbons (Fsp3) is 0.182. The second kappa shape index (κ2) is 4.57. The van der Waals surface area contributed by atoms with Gasteiger partial charge >= 0.3 is 0 Å². The van der Waals surface area contributed by atoms with Gasteiger partial charge in [0.2, 0.25) is 5.28 Å². The smallest absolute Gasteiger partial charge is 0.273 e. The minimum absolute atomic E-state index is 0.0654. The summed E-state index contributed by atoms with van der Waals surface area (Å²) < 4.78 is 1.46. The molecule has 0 aliphatic rings. The fourth-order valence-electron chi connectivity index (χ4n) is 1.74. The molecule has 0 aliphatic carbocycles. The Balaban J connectivity index is 2.12. The zero-order valence-electron chi connectivity index (χ0n) is 10.7. The van der Waals surface area contributed by atoms with Crippen LogP contribution in [0.5, 0.6) is 0 Å². The Hall–Kier alpha value is -2.48. The number of H-pyrrole nitrogens is 1. The molecule has 0 atom stereocenters. The molecule has 0 unspecified atom stereocenters. The highest BCUT2D eigenvalue weighted by Gasteiger charge is 2.15. The molecule has 1 amide bonds. The van der Waals surface area contributed by atoms with Gasteiger partial charge in [-0.2, -0.15) is 15.1 Å². The number of carbonyl (C=O) groups is 1. The molecule has 9 heteroatoms. The topological polar surface area (TPSA) is 92.6 Å². The van der Waals surface area contributed by atoms with E-state index in [9.17, 15) is 4.79 Å². The monoisotopic (exact) mass is 291 g/mol. The van der Waals surface area contributed by atoms with Gasteiger partial charge in [-0.3, -0.25) is 4.79 Å². The third kappa shape index (κ3) is 1.99. The van der Waals surface area contributed by atoms with Crippen LogP contribution in [0.4, 0.5) is 0 Å². The minimum Gasteiger partial charge on any atom is -0.343 e. The summed E-state index contributed by atoms with van der Waals surface area (Å²) in [6.07, 6.45) is 3.13. The predicted molar refractivity (Wildman–Crippen MR) is 71.8 cm³/mol. The Morgan fingerprint density at radius 1 is 1.40 bits per heavy atom. The molecule has 8 nitrogen and oxygen atoms in total. The molecule has 0 aliphatic heterocycles. The number of halogens is 1. The maximum absolute atomic E-state index is 11.8. The number of hydrogen-bond acceptors (Lipinski definition) is 5. The van der Waals surface area contributed by atoms with Crippen molar-refractivity contribution >= 4 is 28.7 Å². The van der Waals surface area contributed by atoms with Gasteiger partial charge in [0.1, 0.15) is 5.52 Å². The summed E-state index contributed by atoms with van der Waals surface area (Å²) in [5.41, 5.74) is 1.36. The number of amides is 1. The third-order valence-electron chi connectivity index (χ3n) is 2.67. The zero-order chi connectivity index (χ0) is 14.3. The van der Waals surface area contributed by atoms with Gasteiger partial charge in [0.05, 0.1) is 6.33 Å². The highest BCUT2D eigenvalue weighted by molar-refractivity contribution is 6.28. The van der Waals surface area contributed by atoms with Crippen LogP contribution >= 0.6 is 11.6 Å². The van der Waals surface area contributed by atoms with Crippen LogP contribution in [0.3, 0.4) is 0 Å². The first-order valence-electron chi connectivity index (χ1n) is 5.70. The lowest BCUT2D eigenvalue weighted by molar-refractivity contribution is 0.0821. The van der Waals surface area contributed by atoms with Gasteiger partial charge in [-0.05, 0) is 17.7 Å². The van der Waals surface area contributed by atoms with E-state index in [1.54, 1.807) is 26.4 Å². The molecular weight excluding hydrogens is 282 g/mol. The number of rotatable bonds is 2. The molecule has 0 saturated carbocycles. The van der Waals surface area contributed by atoms with E-state index in [1.165, 1.54) is 15.9 Å². The van der Waals surface area contributed by atoms with Crippen molar-refractivity contribution in [2.24, 2.45) is 0 Å². The van der Waals surface area contributed by atoms with Gasteiger partial charge in [-0.25, -0.2) is 9.67 Å². The van der Waals surface area contributed by atoms with E-state index in [1.807, 2.05) is 0 Å². The summed E-state index contributed by atoms with van der Waals surface area (Å²) in [4.78, 5) is 28.4. The molecule has 0 saturated heterocycles. The lowest BCUT2D eigenvalue weighted by atomic mass is 10.4. The second-order valence-electron chi connectivity index (χ2n) is 4.26. The van der Waals surface area contributed by atoms with Crippen molar-refractivity contribution in [3.63, 3.8) is 0 Å². The van der Waals surface area contributed by atoms with Gasteiger partial charge < -0.3 is 9.88 Å². The zero-order valence-corrected chi connectivity index (χ0v) is 11.5. The molecule has 102 valence electrons. The highest BCUT2D eigenvalue weighted by Crippen LogP contribution is 2.17.